The summed E-state index contributed by atoms with van der Waals surface area (Å²) in [6.07, 6.45) is 5.04. The average Bonchev–Trinajstić information content (AvgIpc) is 1.88. The van der Waals surface area contributed by atoms with Crippen LogP contribution < -0.4 is 0 Å². The van der Waals surface area contributed by atoms with Crippen LogP contribution in [0.2, 0.25) is 0 Å². The molecule has 0 bridgehead atoms. The fourth-order valence-electron chi connectivity index (χ4n) is 0.878. The lowest BCUT2D eigenvalue weighted by Crippen LogP contribution is -2.02. The first-order valence-electron chi connectivity index (χ1n) is 3.08. The van der Waals surface area contributed by atoms with Crippen molar-refractivity contribution in [3.8, 4) is 0 Å². The van der Waals surface area contributed by atoms with Gasteiger partial charge in [-0.3, -0.25) is 0 Å². The summed E-state index contributed by atoms with van der Waals surface area (Å²) in [4.78, 5) is 10.2. The summed E-state index contributed by atoms with van der Waals surface area (Å²) in [6.45, 7) is 1.83. The van der Waals surface area contributed by atoms with Crippen molar-refractivity contribution >= 4 is 5.94 Å². The summed E-state index contributed by atoms with van der Waals surface area (Å²) >= 11 is 0. The smallest absolute Gasteiger partial charge is 0.132 e. The van der Waals surface area contributed by atoms with Crippen LogP contribution >= 0.6 is 0 Å². The Morgan fingerprint density at radius 2 is 2.40 bits per heavy atom. The predicted molar refractivity (Wildman–Crippen MR) is 38.2 cm³/mol. The summed E-state index contributed by atoms with van der Waals surface area (Å²) in [5.74, 6) is 1.72. The molecule has 0 saturated heterocycles. The van der Waals surface area contributed by atoms with Crippen molar-refractivity contribution < 1.29 is 9.90 Å². The normalized spacial score (nSPS) is 23.9. The standard InChI is InChI=1S/C8H8O2/c1-6-3-2-4-8(10)7(6)5-9/h2-4,6,10H,1H3. The maximum absolute atomic E-state index is 10.2. The van der Waals surface area contributed by atoms with E-state index >= 15 is 0 Å². The van der Waals surface area contributed by atoms with Crippen LogP contribution in [0.5, 0.6) is 0 Å². The van der Waals surface area contributed by atoms with Crippen molar-refractivity contribution in [3.63, 3.8) is 0 Å². The van der Waals surface area contributed by atoms with Crippen LogP contribution in [0.3, 0.4) is 0 Å². The van der Waals surface area contributed by atoms with Crippen LogP contribution in [-0.4, -0.2) is 11.0 Å². The molecule has 10 heavy (non-hydrogen) atoms. The van der Waals surface area contributed by atoms with Gasteiger partial charge in [0.2, 0.25) is 0 Å². The van der Waals surface area contributed by atoms with E-state index in [-0.39, 0.29) is 11.7 Å². The molecule has 1 N–H and O–H groups in total. The summed E-state index contributed by atoms with van der Waals surface area (Å²) in [5, 5.41) is 9.05. The van der Waals surface area contributed by atoms with Crippen LogP contribution in [0.25, 0.3) is 0 Å². The van der Waals surface area contributed by atoms with E-state index in [2.05, 4.69) is 0 Å². The van der Waals surface area contributed by atoms with E-state index in [9.17, 15) is 4.79 Å². The molecule has 1 rings (SSSR count). The van der Waals surface area contributed by atoms with Crippen molar-refractivity contribution in [2.75, 3.05) is 0 Å². The molecule has 2 heteroatoms. The van der Waals surface area contributed by atoms with Crippen LogP contribution in [0.4, 0.5) is 0 Å². The van der Waals surface area contributed by atoms with Gasteiger partial charge in [0.25, 0.3) is 0 Å². The van der Waals surface area contributed by atoms with Gasteiger partial charge >= 0.3 is 0 Å². The van der Waals surface area contributed by atoms with Gasteiger partial charge in [-0.1, -0.05) is 19.1 Å². The molecular weight excluding hydrogens is 128 g/mol. The highest BCUT2D eigenvalue weighted by molar-refractivity contribution is 5.62. The third-order valence-corrected chi connectivity index (χ3v) is 1.50. The second-order valence-corrected chi connectivity index (χ2v) is 2.24. The van der Waals surface area contributed by atoms with E-state index in [1.807, 2.05) is 13.0 Å². The van der Waals surface area contributed by atoms with E-state index in [1.165, 1.54) is 6.08 Å². The molecule has 2 nitrogen and oxygen atoms in total. The zero-order valence-corrected chi connectivity index (χ0v) is 5.66. The predicted octanol–water partition coefficient (Wildman–Crippen LogP) is 1.39. The quantitative estimate of drug-likeness (QED) is 0.511. The minimum absolute atomic E-state index is 0.0116. The Balaban J connectivity index is 3.04. The maximum Gasteiger partial charge on any atom is 0.132 e. The number of hydrogen-bond acceptors (Lipinski definition) is 2. The van der Waals surface area contributed by atoms with Gasteiger partial charge in [0, 0.05) is 5.92 Å². The lowest BCUT2D eigenvalue weighted by atomic mass is 9.96. The molecule has 0 aromatic heterocycles. The Kier molecular flexibility index (Phi) is 1.74. The van der Waals surface area contributed by atoms with E-state index < -0.39 is 0 Å². The second-order valence-electron chi connectivity index (χ2n) is 2.24. The number of rotatable bonds is 0. The van der Waals surface area contributed by atoms with Gasteiger partial charge in [-0.25, -0.2) is 4.79 Å². The fraction of sp³-hybridized carbons (Fsp3) is 0.250. The molecule has 0 aromatic rings. The van der Waals surface area contributed by atoms with Crippen molar-refractivity contribution in [2.45, 2.75) is 6.92 Å². The van der Waals surface area contributed by atoms with Crippen LogP contribution in [0.15, 0.2) is 29.6 Å². The first-order valence-corrected chi connectivity index (χ1v) is 3.08. The number of hydrogen-bond donors (Lipinski definition) is 1. The molecule has 0 heterocycles. The monoisotopic (exact) mass is 136 g/mol. The van der Waals surface area contributed by atoms with E-state index in [0.717, 1.165) is 0 Å². The lowest BCUT2D eigenvalue weighted by Gasteiger charge is -2.09. The van der Waals surface area contributed by atoms with Crippen molar-refractivity contribution in [1.29, 1.82) is 0 Å². The van der Waals surface area contributed by atoms with E-state index in [4.69, 9.17) is 5.11 Å². The minimum Gasteiger partial charge on any atom is -0.507 e. The fourth-order valence-corrected chi connectivity index (χ4v) is 0.878. The molecule has 1 atom stereocenters. The van der Waals surface area contributed by atoms with Gasteiger partial charge in [-0.15, -0.1) is 0 Å². The van der Waals surface area contributed by atoms with Crippen molar-refractivity contribution in [2.24, 2.45) is 5.92 Å². The molecular formula is C8H8O2. The van der Waals surface area contributed by atoms with E-state index in [0.29, 0.717) is 5.57 Å². The highest BCUT2D eigenvalue weighted by Gasteiger charge is 2.13. The Bertz CT molecular complexity index is 242. The summed E-state index contributed by atoms with van der Waals surface area (Å²) in [6, 6.07) is 0. The maximum atomic E-state index is 10.2. The third-order valence-electron chi connectivity index (χ3n) is 1.50. The third kappa shape index (κ3) is 1.02. The molecule has 1 aliphatic rings. The van der Waals surface area contributed by atoms with Crippen LogP contribution in [0.1, 0.15) is 6.92 Å². The van der Waals surface area contributed by atoms with Gasteiger partial charge < -0.3 is 5.11 Å². The molecule has 0 fully saturated rings. The van der Waals surface area contributed by atoms with E-state index in [1.54, 1.807) is 12.0 Å². The topological polar surface area (TPSA) is 37.3 Å². The Morgan fingerprint density at radius 1 is 1.70 bits per heavy atom. The van der Waals surface area contributed by atoms with Gasteiger partial charge in [0.05, 0.1) is 5.57 Å². The summed E-state index contributed by atoms with van der Waals surface area (Å²) < 4.78 is 0. The molecule has 0 spiro atoms. The van der Waals surface area contributed by atoms with Crippen molar-refractivity contribution in [1.82, 2.24) is 0 Å². The summed E-state index contributed by atoms with van der Waals surface area (Å²) in [7, 11) is 0. The van der Waals surface area contributed by atoms with Gasteiger partial charge in [-0.2, -0.15) is 0 Å². The minimum atomic E-state index is -0.0116. The lowest BCUT2D eigenvalue weighted by molar-refractivity contribution is 0.412. The van der Waals surface area contributed by atoms with Crippen molar-refractivity contribution in [3.05, 3.63) is 29.6 Å². The van der Waals surface area contributed by atoms with Gasteiger partial charge in [0.1, 0.15) is 11.7 Å². The largest absolute Gasteiger partial charge is 0.507 e. The molecule has 0 radical (unpaired) electrons. The number of aliphatic hydroxyl groups excluding tert-OH is 1. The zero-order chi connectivity index (χ0) is 7.56. The highest BCUT2D eigenvalue weighted by Crippen LogP contribution is 2.19. The summed E-state index contributed by atoms with van der Waals surface area (Å²) in [5.41, 5.74) is 0.336. The number of aliphatic hydroxyl groups is 1. The van der Waals surface area contributed by atoms with Crippen LogP contribution in [0, 0.1) is 5.92 Å². The SMILES string of the molecule is CC1C=CC=C(O)C1=C=O. The Hall–Kier alpha value is -1.27. The molecule has 0 amide bonds. The van der Waals surface area contributed by atoms with Gasteiger partial charge in [-0.05, 0) is 6.08 Å². The molecule has 1 aliphatic carbocycles. The number of carbonyl (C=O) groups excluding carboxylic acids is 1. The highest BCUT2D eigenvalue weighted by atomic mass is 16.3. The molecule has 1 unspecified atom stereocenters. The molecule has 0 aromatic carbocycles. The average molecular weight is 136 g/mol. The van der Waals surface area contributed by atoms with Crippen LogP contribution in [-0.2, 0) is 4.79 Å². The Morgan fingerprint density at radius 3 is 2.80 bits per heavy atom. The van der Waals surface area contributed by atoms with Gasteiger partial charge in [0.15, 0.2) is 0 Å². The molecule has 52 valence electrons. The Labute approximate surface area is 59.2 Å². The molecule has 0 saturated carbocycles. The first kappa shape index (κ1) is 6.84. The second kappa shape index (κ2) is 2.54. The first-order chi connectivity index (χ1) is 4.75. The zero-order valence-electron chi connectivity index (χ0n) is 5.66. The number of allylic oxidation sites excluding steroid dienone is 4. The molecule has 0 aliphatic heterocycles.